The minimum absolute atomic E-state index is 0.117. The van der Waals surface area contributed by atoms with E-state index in [-0.39, 0.29) is 24.5 Å². The Morgan fingerprint density at radius 1 is 1.12 bits per heavy atom. The van der Waals surface area contributed by atoms with Gasteiger partial charge >= 0.3 is 0 Å². The summed E-state index contributed by atoms with van der Waals surface area (Å²) in [6.45, 7) is 2.81. The molecule has 3 aromatic carbocycles. The standard InChI is InChI=1S/C31H31ClN4O4/c1-21-6-3-8-25(16-21)36-19-28(22-11-13-24(32)14-12-22)33-31(36)34-29(37)20-35(18-27-10-5-15-40-27)30(38)23-7-4-9-26(17-23)39-2/h3-4,6-9,11-14,16-17,19,27H,5,10,15,18,20H2,1-2H3,(H,33,34,37)/t27-/m1/s1. The van der Waals surface area contributed by atoms with E-state index in [9.17, 15) is 9.59 Å². The number of hydrogen-bond acceptors (Lipinski definition) is 5. The molecule has 206 valence electrons. The lowest BCUT2D eigenvalue weighted by Gasteiger charge is -2.25. The Morgan fingerprint density at radius 3 is 2.65 bits per heavy atom. The summed E-state index contributed by atoms with van der Waals surface area (Å²) in [6.07, 6.45) is 3.53. The van der Waals surface area contributed by atoms with Gasteiger partial charge in [0.05, 0.1) is 18.9 Å². The first kappa shape index (κ1) is 27.4. The second-order valence-corrected chi connectivity index (χ2v) is 10.2. The molecule has 0 radical (unpaired) electrons. The number of nitrogens with zero attached hydrogens (tertiary/aromatic N) is 3. The van der Waals surface area contributed by atoms with E-state index in [2.05, 4.69) is 5.32 Å². The maximum absolute atomic E-state index is 13.5. The van der Waals surface area contributed by atoms with Crippen LogP contribution in [-0.4, -0.2) is 59.2 Å². The van der Waals surface area contributed by atoms with Crippen molar-refractivity contribution < 1.29 is 19.1 Å². The predicted octanol–water partition coefficient (Wildman–Crippen LogP) is 5.77. The van der Waals surface area contributed by atoms with Crippen LogP contribution in [0.25, 0.3) is 16.9 Å². The Hall–Kier alpha value is -4.14. The van der Waals surface area contributed by atoms with Crippen LogP contribution in [0.15, 0.2) is 79.0 Å². The molecular weight excluding hydrogens is 528 g/mol. The number of aryl methyl sites for hydroxylation is 1. The van der Waals surface area contributed by atoms with Gasteiger partial charge in [-0.1, -0.05) is 41.9 Å². The second-order valence-electron chi connectivity index (χ2n) is 9.77. The highest BCUT2D eigenvalue weighted by Gasteiger charge is 2.26. The first-order chi connectivity index (χ1) is 19.4. The van der Waals surface area contributed by atoms with Gasteiger partial charge in [-0.25, -0.2) is 4.98 Å². The molecule has 0 bridgehead atoms. The van der Waals surface area contributed by atoms with Gasteiger partial charge in [0.25, 0.3) is 5.91 Å². The van der Waals surface area contributed by atoms with Crippen LogP contribution in [0.5, 0.6) is 5.75 Å². The third kappa shape index (κ3) is 6.52. The third-order valence-electron chi connectivity index (χ3n) is 6.76. The zero-order chi connectivity index (χ0) is 28.1. The summed E-state index contributed by atoms with van der Waals surface area (Å²) >= 11 is 6.08. The number of carbonyl (C=O) groups excluding carboxylic acids is 2. The van der Waals surface area contributed by atoms with Crippen LogP contribution in [0.2, 0.25) is 5.02 Å². The van der Waals surface area contributed by atoms with Crippen LogP contribution >= 0.6 is 11.6 Å². The van der Waals surface area contributed by atoms with Gasteiger partial charge in [-0.05, 0) is 67.8 Å². The van der Waals surface area contributed by atoms with Crippen molar-refractivity contribution >= 4 is 29.4 Å². The molecule has 0 saturated carbocycles. The summed E-state index contributed by atoms with van der Waals surface area (Å²) in [5.41, 5.74) is 3.91. The van der Waals surface area contributed by atoms with Crippen molar-refractivity contribution in [1.82, 2.24) is 14.5 Å². The van der Waals surface area contributed by atoms with Crippen LogP contribution in [0.3, 0.4) is 0 Å². The van der Waals surface area contributed by atoms with Crippen LogP contribution in [0.4, 0.5) is 5.95 Å². The smallest absolute Gasteiger partial charge is 0.254 e. The summed E-state index contributed by atoms with van der Waals surface area (Å²) < 4.78 is 12.9. The summed E-state index contributed by atoms with van der Waals surface area (Å²) in [5.74, 6) is 0.290. The molecule has 1 fully saturated rings. The van der Waals surface area contributed by atoms with E-state index in [1.165, 1.54) is 4.90 Å². The molecule has 40 heavy (non-hydrogen) atoms. The number of imidazole rings is 1. The number of anilines is 1. The zero-order valence-corrected chi connectivity index (χ0v) is 23.2. The molecule has 4 aromatic rings. The second kappa shape index (κ2) is 12.4. The molecule has 1 aromatic heterocycles. The van der Waals surface area contributed by atoms with Crippen molar-refractivity contribution in [1.29, 1.82) is 0 Å². The fraction of sp³-hybridized carbons (Fsp3) is 0.258. The number of carbonyl (C=O) groups is 2. The van der Waals surface area contributed by atoms with Gasteiger partial charge in [0.2, 0.25) is 11.9 Å². The first-order valence-electron chi connectivity index (χ1n) is 13.2. The number of aromatic nitrogens is 2. The Labute approximate surface area is 238 Å². The summed E-state index contributed by atoms with van der Waals surface area (Å²) in [5, 5.41) is 3.57. The SMILES string of the molecule is COc1cccc(C(=O)N(CC(=O)Nc2nc(-c3ccc(Cl)cc3)cn2-c2cccc(C)c2)C[C@H]2CCCO2)c1. The Kier molecular flexibility index (Phi) is 8.48. The number of halogens is 1. The van der Waals surface area contributed by atoms with Gasteiger partial charge in [-0.2, -0.15) is 0 Å². The third-order valence-corrected chi connectivity index (χ3v) is 7.02. The van der Waals surface area contributed by atoms with E-state index >= 15 is 0 Å². The number of rotatable bonds is 9. The number of benzene rings is 3. The molecule has 2 amide bonds. The number of hydrogen-bond donors (Lipinski definition) is 1. The molecule has 0 aliphatic carbocycles. The topological polar surface area (TPSA) is 85.7 Å². The van der Waals surface area contributed by atoms with Crippen LogP contribution in [-0.2, 0) is 9.53 Å². The van der Waals surface area contributed by atoms with Gasteiger partial charge in [-0.15, -0.1) is 0 Å². The molecule has 1 atom stereocenters. The summed E-state index contributed by atoms with van der Waals surface area (Å²) in [6, 6.07) is 22.2. The molecule has 1 aliphatic rings. The number of ether oxygens (including phenoxy) is 2. The van der Waals surface area contributed by atoms with E-state index in [0.29, 0.717) is 41.1 Å². The van der Waals surface area contributed by atoms with E-state index in [1.807, 2.05) is 54.1 Å². The summed E-state index contributed by atoms with van der Waals surface area (Å²) in [4.78, 5) is 33.3. The van der Waals surface area contributed by atoms with Crippen LogP contribution in [0.1, 0.15) is 28.8 Å². The van der Waals surface area contributed by atoms with Gasteiger partial charge < -0.3 is 14.4 Å². The normalized spacial score (nSPS) is 14.6. The van der Waals surface area contributed by atoms with Crippen molar-refractivity contribution in [2.24, 2.45) is 0 Å². The van der Waals surface area contributed by atoms with E-state index in [0.717, 1.165) is 29.7 Å². The highest BCUT2D eigenvalue weighted by Crippen LogP contribution is 2.26. The fourth-order valence-electron chi connectivity index (χ4n) is 4.73. The molecule has 1 saturated heterocycles. The minimum atomic E-state index is -0.364. The lowest BCUT2D eigenvalue weighted by molar-refractivity contribution is -0.117. The van der Waals surface area contributed by atoms with E-state index in [1.54, 1.807) is 43.5 Å². The lowest BCUT2D eigenvalue weighted by atomic mass is 10.1. The number of methoxy groups -OCH3 is 1. The van der Waals surface area contributed by atoms with Crippen molar-refractivity contribution in [3.63, 3.8) is 0 Å². The highest BCUT2D eigenvalue weighted by molar-refractivity contribution is 6.30. The van der Waals surface area contributed by atoms with Crippen molar-refractivity contribution in [2.45, 2.75) is 25.9 Å². The fourth-order valence-corrected chi connectivity index (χ4v) is 4.86. The van der Waals surface area contributed by atoms with Gasteiger partial charge in [0, 0.05) is 41.2 Å². The van der Waals surface area contributed by atoms with Gasteiger partial charge in [0.15, 0.2) is 0 Å². The molecule has 5 rings (SSSR count). The quantitative estimate of drug-likeness (QED) is 0.282. The predicted molar refractivity (Wildman–Crippen MR) is 155 cm³/mol. The Bertz CT molecular complexity index is 1500. The molecule has 1 aliphatic heterocycles. The maximum Gasteiger partial charge on any atom is 0.254 e. The molecule has 9 heteroatoms. The minimum Gasteiger partial charge on any atom is -0.497 e. The molecular formula is C31H31ClN4O4. The number of amides is 2. The molecule has 1 N–H and O–H groups in total. The Morgan fingerprint density at radius 2 is 1.93 bits per heavy atom. The number of nitrogens with one attached hydrogen (secondary N) is 1. The van der Waals surface area contributed by atoms with Crippen molar-refractivity contribution in [3.8, 4) is 22.7 Å². The van der Waals surface area contributed by atoms with Gasteiger partial charge in [-0.3, -0.25) is 19.5 Å². The van der Waals surface area contributed by atoms with Crippen molar-refractivity contribution in [2.75, 3.05) is 32.1 Å². The maximum atomic E-state index is 13.5. The molecule has 8 nitrogen and oxygen atoms in total. The van der Waals surface area contributed by atoms with Gasteiger partial charge in [0.1, 0.15) is 12.3 Å². The lowest BCUT2D eigenvalue weighted by Crippen LogP contribution is -2.42. The summed E-state index contributed by atoms with van der Waals surface area (Å²) in [7, 11) is 1.55. The molecule has 0 unspecified atom stereocenters. The highest BCUT2D eigenvalue weighted by atomic mass is 35.5. The van der Waals surface area contributed by atoms with E-state index < -0.39 is 0 Å². The zero-order valence-electron chi connectivity index (χ0n) is 22.5. The van der Waals surface area contributed by atoms with Crippen LogP contribution in [0, 0.1) is 6.92 Å². The molecule has 0 spiro atoms. The average molecular weight is 559 g/mol. The monoisotopic (exact) mass is 558 g/mol. The first-order valence-corrected chi connectivity index (χ1v) is 13.5. The average Bonchev–Trinajstić information content (AvgIpc) is 3.63. The van der Waals surface area contributed by atoms with Crippen LogP contribution < -0.4 is 10.1 Å². The molecule has 2 heterocycles. The van der Waals surface area contributed by atoms with E-state index in [4.69, 9.17) is 26.1 Å². The van der Waals surface area contributed by atoms with Crippen molar-refractivity contribution in [3.05, 3.63) is 95.1 Å². The largest absolute Gasteiger partial charge is 0.497 e. The Balaban J connectivity index is 1.42.